The molecule has 4 atom stereocenters. The van der Waals surface area contributed by atoms with Gasteiger partial charge in [0.05, 0.1) is 40.3 Å². The number of rotatable bonds is 8. The highest BCUT2D eigenvalue weighted by Gasteiger charge is 2.55. The molecule has 1 aromatic carbocycles. The number of fused-ring (bicyclic) bond motifs is 6. The maximum absolute atomic E-state index is 14.6. The van der Waals surface area contributed by atoms with E-state index in [1.54, 1.807) is 20.4 Å². The number of thiazole rings is 1. The lowest BCUT2D eigenvalue weighted by Crippen LogP contribution is -2.78. The fraction of sp³-hybridized carbons (Fsp3) is 0.574. The van der Waals surface area contributed by atoms with Crippen LogP contribution in [0.15, 0.2) is 41.9 Å². The zero-order valence-corrected chi connectivity index (χ0v) is 39.0. The lowest BCUT2D eigenvalue weighted by molar-refractivity contribution is -0.155. The molecular weight excluding hydrogens is 819 g/mol. The first-order valence-electron chi connectivity index (χ1n) is 22.4. The number of carbonyl (C=O) groups is 4. The molecule has 7 heterocycles. The number of pyridine rings is 1. The number of benzene rings is 1. The molecule has 3 saturated heterocycles. The van der Waals surface area contributed by atoms with Crippen LogP contribution in [-0.4, -0.2) is 136 Å². The Bertz CT molecular complexity index is 2390. The lowest BCUT2D eigenvalue weighted by Gasteiger charge is -2.62. The number of hydrazine groups is 1. The van der Waals surface area contributed by atoms with Crippen LogP contribution >= 0.6 is 11.3 Å². The van der Waals surface area contributed by atoms with Crippen molar-refractivity contribution in [2.45, 2.75) is 110 Å². The molecule has 0 radical (unpaired) electrons. The molecule has 4 aromatic rings. The number of aromatic nitrogens is 3. The highest BCUT2D eigenvalue weighted by atomic mass is 32.1. The maximum atomic E-state index is 14.6. The van der Waals surface area contributed by atoms with Crippen LogP contribution < -0.4 is 10.7 Å². The first kappa shape index (κ1) is 44.7. The molecule has 0 saturated carbocycles. The Labute approximate surface area is 374 Å². The molecule has 15 nitrogen and oxygen atoms in total. The van der Waals surface area contributed by atoms with Gasteiger partial charge in [-0.2, -0.15) is 0 Å². The lowest BCUT2D eigenvalue weighted by atomic mass is 9.78. The third-order valence-electron chi connectivity index (χ3n) is 13.5. The number of likely N-dealkylation sites (tertiary alicyclic amines) is 2. The average molecular weight is 882 g/mol. The zero-order valence-electron chi connectivity index (χ0n) is 38.2. The number of esters is 1. The van der Waals surface area contributed by atoms with E-state index in [-0.39, 0.29) is 42.5 Å². The molecular formula is C47H63N9O6S. The predicted octanol–water partition coefficient (Wildman–Crippen LogP) is 5.67. The summed E-state index contributed by atoms with van der Waals surface area (Å²) in [7, 11) is 5.41. The van der Waals surface area contributed by atoms with Crippen molar-refractivity contribution >= 4 is 46.1 Å². The highest BCUT2D eigenvalue weighted by molar-refractivity contribution is 7.10. The van der Waals surface area contributed by atoms with Gasteiger partial charge in [-0.05, 0) is 82.3 Å². The molecule has 4 aliphatic heterocycles. The first-order chi connectivity index (χ1) is 30.0. The van der Waals surface area contributed by atoms with Crippen LogP contribution in [0.1, 0.15) is 83.2 Å². The molecule has 4 aliphatic rings. The summed E-state index contributed by atoms with van der Waals surface area (Å²) >= 11 is 1.44. The number of carbonyl (C=O) groups excluding carboxylic acids is 4. The minimum Gasteiger partial charge on any atom is -0.464 e. The largest absolute Gasteiger partial charge is 0.464 e. The van der Waals surface area contributed by atoms with Crippen molar-refractivity contribution in [2.24, 2.45) is 11.3 Å². The predicted molar refractivity (Wildman–Crippen MR) is 243 cm³/mol. The molecule has 338 valence electrons. The summed E-state index contributed by atoms with van der Waals surface area (Å²) in [5, 5.41) is 8.26. The van der Waals surface area contributed by atoms with E-state index >= 15 is 0 Å². The monoisotopic (exact) mass is 881 g/mol. The minimum absolute atomic E-state index is 0.117. The number of amides is 4. The molecule has 63 heavy (non-hydrogen) atoms. The van der Waals surface area contributed by atoms with Crippen LogP contribution in [0.3, 0.4) is 0 Å². The number of urea groups is 1. The van der Waals surface area contributed by atoms with Gasteiger partial charge in [-0.15, -0.1) is 11.3 Å². The summed E-state index contributed by atoms with van der Waals surface area (Å²) in [6.07, 6.45) is 4.26. The number of likely N-dealkylation sites (N-methyl/N-ethyl adjacent to an activating group) is 2. The highest BCUT2D eigenvalue weighted by Crippen LogP contribution is 2.42. The molecule has 2 N–H and O–H groups in total. The minimum atomic E-state index is -1.03. The van der Waals surface area contributed by atoms with Crippen molar-refractivity contribution in [3.05, 3.63) is 58.2 Å². The summed E-state index contributed by atoms with van der Waals surface area (Å²) in [6.45, 7) is 15.7. The van der Waals surface area contributed by atoms with E-state index in [2.05, 4.69) is 65.2 Å². The normalized spacial score (nSPS) is 22.3. The van der Waals surface area contributed by atoms with E-state index in [1.165, 1.54) is 21.2 Å². The number of methoxy groups -OCH3 is 1. The molecule has 4 amide bonds. The quantitative estimate of drug-likeness (QED) is 0.212. The van der Waals surface area contributed by atoms with Crippen LogP contribution in [0.2, 0.25) is 0 Å². The van der Waals surface area contributed by atoms with Gasteiger partial charge in [0.15, 0.2) is 0 Å². The van der Waals surface area contributed by atoms with E-state index in [0.717, 1.165) is 64.2 Å². The number of hydrogen-bond acceptors (Lipinski definition) is 11. The number of ether oxygens (including phenoxy) is 2. The topological polar surface area (TPSA) is 154 Å². The molecule has 8 rings (SSSR count). The fourth-order valence-corrected chi connectivity index (χ4v) is 11.0. The van der Waals surface area contributed by atoms with E-state index in [4.69, 9.17) is 19.4 Å². The molecule has 16 heteroatoms. The Morgan fingerprint density at radius 3 is 2.60 bits per heavy atom. The van der Waals surface area contributed by atoms with Crippen molar-refractivity contribution in [3.8, 4) is 22.5 Å². The second kappa shape index (κ2) is 17.6. The van der Waals surface area contributed by atoms with Crippen LogP contribution in [0.25, 0.3) is 33.4 Å². The van der Waals surface area contributed by atoms with Gasteiger partial charge < -0.3 is 34.1 Å². The Hall–Kier alpha value is -4.90. The summed E-state index contributed by atoms with van der Waals surface area (Å²) < 4.78 is 14.3. The van der Waals surface area contributed by atoms with E-state index in [0.29, 0.717) is 43.9 Å². The van der Waals surface area contributed by atoms with Crippen molar-refractivity contribution in [1.29, 1.82) is 0 Å². The number of cyclic esters (lactones) is 1. The van der Waals surface area contributed by atoms with E-state index in [9.17, 15) is 19.2 Å². The van der Waals surface area contributed by atoms with Crippen molar-refractivity contribution in [3.63, 3.8) is 0 Å². The third-order valence-corrected chi connectivity index (χ3v) is 14.4. The summed E-state index contributed by atoms with van der Waals surface area (Å²) in [5.74, 6) is -1.48. The molecule has 0 aliphatic carbocycles. The number of nitrogens with zero attached hydrogens (tertiary/aromatic N) is 7. The summed E-state index contributed by atoms with van der Waals surface area (Å²) in [4.78, 5) is 72.4. The van der Waals surface area contributed by atoms with Crippen molar-refractivity contribution in [1.82, 2.24) is 45.0 Å². The second-order valence-electron chi connectivity index (χ2n) is 19.2. The molecule has 6 bridgehead atoms. The van der Waals surface area contributed by atoms with Gasteiger partial charge in [-0.3, -0.25) is 24.4 Å². The van der Waals surface area contributed by atoms with Crippen molar-refractivity contribution in [2.75, 3.05) is 54.0 Å². The van der Waals surface area contributed by atoms with Gasteiger partial charge in [0.2, 0.25) is 5.91 Å². The molecule has 3 fully saturated rings. The molecule has 3 aromatic heterocycles. The van der Waals surface area contributed by atoms with Gasteiger partial charge in [0, 0.05) is 92.3 Å². The standard InChI is InChI=1S/C47H63N9O6S/c1-10-54-37-16-15-30-21-32(37)33(41(54)31-13-11-18-48-39(31)29(4)61-9)23-46(5,6)27-62-44(59)34-14-12-19-56(51-34)43(58)35(22-38-49-36(30)24-63-38)50-42(57)40(28(2)3)53(8)45(60)55-20-17-47(55)25-52(7)26-47/h11,13,15-16,18,21,24,28-29,34-35,40,51H,10,12,14,17,19-20,22-23,25-27H2,1-9H3,(H,50,57)/t29-,34-,35-,40-/m0/s1. The zero-order chi connectivity index (χ0) is 45.0. The SMILES string of the molecule is CCn1c(-c2cccnc2[C@H](C)OC)c2c3cc(ccc31)-c1csc(n1)C[C@H](NC(=O)[C@H](C(C)C)N(C)C(=O)N1CCC13CN(C)C3)C(=O)N1CCC[C@H](N1)C(=O)OCC(C)(C)C2. The Kier molecular flexibility index (Phi) is 12.5. The first-order valence-corrected chi connectivity index (χ1v) is 23.3. The Balaban J connectivity index is 1.17. The number of aryl methyl sites for hydroxylation is 1. The van der Waals surface area contributed by atoms with Crippen molar-refractivity contribution < 1.29 is 28.7 Å². The third kappa shape index (κ3) is 8.47. The van der Waals surface area contributed by atoms with Gasteiger partial charge in [-0.25, -0.2) is 15.2 Å². The van der Waals surface area contributed by atoms with E-state index in [1.807, 2.05) is 44.2 Å². The number of nitrogens with one attached hydrogen (secondary N) is 2. The molecule has 0 unspecified atom stereocenters. The van der Waals surface area contributed by atoms with Crippen LogP contribution in [-0.2, 0) is 43.2 Å². The summed E-state index contributed by atoms with van der Waals surface area (Å²) in [6, 6.07) is 7.68. The van der Waals surface area contributed by atoms with Gasteiger partial charge in [0.1, 0.15) is 18.1 Å². The fourth-order valence-electron chi connectivity index (χ4n) is 10.2. The Morgan fingerprint density at radius 1 is 1.14 bits per heavy atom. The summed E-state index contributed by atoms with van der Waals surface area (Å²) in [5.41, 5.74) is 9.25. The molecule has 1 spiro atoms. The van der Waals surface area contributed by atoms with Gasteiger partial charge >= 0.3 is 12.0 Å². The van der Waals surface area contributed by atoms with Gasteiger partial charge in [-0.1, -0.05) is 33.8 Å². The van der Waals surface area contributed by atoms with E-state index < -0.39 is 35.4 Å². The van der Waals surface area contributed by atoms with Crippen LogP contribution in [0.4, 0.5) is 4.79 Å². The maximum Gasteiger partial charge on any atom is 0.324 e. The van der Waals surface area contributed by atoms with Crippen LogP contribution in [0, 0.1) is 11.3 Å². The smallest absolute Gasteiger partial charge is 0.324 e. The van der Waals surface area contributed by atoms with Crippen LogP contribution in [0.5, 0.6) is 0 Å². The Morgan fingerprint density at radius 2 is 1.92 bits per heavy atom. The van der Waals surface area contributed by atoms with Gasteiger partial charge in [0.25, 0.3) is 5.91 Å². The average Bonchev–Trinajstić information content (AvgIpc) is 3.84. The number of hydrogen-bond donors (Lipinski definition) is 2. The second-order valence-corrected chi connectivity index (χ2v) is 20.1.